The smallest absolute Gasteiger partial charge is 0.186 e. The Morgan fingerprint density at radius 1 is 1.24 bits per heavy atom. The fourth-order valence-electron chi connectivity index (χ4n) is 2.69. The van der Waals surface area contributed by atoms with Gasteiger partial charge in [-0.25, -0.2) is 4.98 Å². The number of anilines is 1. The fourth-order valence-corrected chi connectivity index (χ4v) is 3.90. The molecule has 0 spiro atoms. The van der Waals surface area contributed by atoms with Crippen LogP contribution in [0.2, 0.25) is 0 Å². The van der Waals surface area contributed by atoms with Crippen molar-refractivity contribution >= 4 is 16.5 Å². The van der Waals surface area contributed by atoms with Crippen LogP contribution in [0.4, 0.5) is 5.13 Å². The molecule has 5 heteroatoms. The molecule has 1 heterocycles. The van der Waals surface area contributed by atoms with Gasteiger partial charge in [0, 0.05) is 38.2 Å². The van der Waals surface area contributed by atoms with Crippen molar-refractivity contribution in [2.75, 3.05) is 31.7 Å². The lowest BCUT2D eigenvalue weighted by Gasteiger charge is -2.19. The highest BCUT2D eigenvalue weighted by Gasteiger charge is 2.19. The van der Waals surface area contributed by atoms with Gasteiger partial charge in [-0.15, -0.1) is 11.3 Å². The lowest BCUT2D eigenvalue weighted by molar-refractivity contribution is 0.199. The van der Waals surface area contributed by atoms with Gasteiger partial charge < -0.3 is 15.0 Å². The first-order chi connectivity index (χ1) is 12.2. The summed E-state index contributed by atoms with van der Waals surface area (Å²) in [5.74, 6) is 0.486. The largest absolute Gasteiger partial charge is 0.383 e. The predicted octanol–water partition coefficient (Wildman–Crippen LogP) is 4.42. The van der Waals surface area contributed by atoms with Gasteiger partial charge in [-0.1, -0.05) is 44.2 Å². The van der Waals surface area contributed by atoms with Crippen molar-refractivity contribution in [2.45, 2.75) is 46.2 Å². The molecule has 4 nitrogen and oxygen atoms in total. The Balaban J connectivity index is 2.16. The molecule has 0 aliphatic carbocycles. The van der Waals surface area contributed by atoms with E-state index in [-0.39, 0.29) is 0 Å². The summed E-state index contributed by atoms with van der Waals surface area (Å²) >= 11 is 1.82. The van der Waals surface area contributed by atoms with E-state index < -0.39 is 0 Å². The molecule has 0 aliphatic rings. The second-order valence-corrected chi connectivity index (χ2v) is 7.35. The van der Waals surface area contributed by atoms with Gasteiger partial charge in [0.1, 0.15) is 0 Å². The fraction of sp³-hybridized carbons (Fsp3) is 0.550. The third-order valence-electron chi connectivity index (χ3n) is 4.43. The zero-order chi connectivity index (χ0) is 18.1. The number of ether oxygens (including phenoxy) is 1. The zero-order valence-electron chi connectivity index (χ0n) is 15.9. The number of nitrogens with zero attached hydrogens (tertiary/aromatic N) is 2. The summed E-state index contributed by atoms with van der Waals surface area (Å²) in [5, 5.41) is 4.60. The van der Waals surface area contributed by atoms with E-state index in [0.29, 0.717) is 5.92 Å². The molecule has 138 valence electrons. The number of hydrogen-bond acceptors (Lipinski definition) is 5. The van der Waals surface area contributed by atoms with Crippen molar-refractivity contribution in [3.8, 4) is 0 Å². The second kappa shape index (κ2) is 10.5. The van der Waals surface area contributed by atoms with Crippen LogP contribution in [0.3, 0.4) is 0 Å². The lowest BCUT2D eigenvalue weighted by atomic mass is 10.0. The molecule has 0 radical (unpaired) electrons. The second-order valence-electron chi connectivity index (χ2n) is 6.28. The van der Waals surface area contributed by atoms with Crippen LogP contribution in [0.1, 0.15) is 49.2 Å². The van der Waals surface area contributed by atoms with Crippen molar-refractivity contribution in [2.24, 2.45) is 0 Å². The summed E-state index contributed by atoms with van der Waals surface area (Å²) in [6.07, 6.45) is 1.11. The van der Waals surface area contributed by atoms with Crippen LogP contribution in [0.25, 0.3) is 0 Å². The Kier molecular flexibility index (Phi) is 8.38. The minimum absolute atomic E-state index is 0.486. The molecule has 1 aromatic heterocycles. The molecule has 0 saturated carbocycles. The summed E-state index contributed by atoms with van der Waals surface area (Å²) in [4.78, 5) is 8.74. The molecule has 2 aromatic rings. The highest BCUT2D eigenvalue weighted by molar-refractivity contribution is 7.15. The van der Waals surface area contributed by atoms with Crippen LogP contribution < -0.4 is 10.2 Å². The summed E-state index contributed by atoms with van der Waals surface area (Å²) in [7, 11) is 1.74. The molecule has 25 heavy (non-hydrogen) atoms. The zero-order valence-corrected chi connectivity index (χ0v) is 16.7. The number of hydrogen-bond donors (Lipinski definition) is 1. The molecule has 1 aromatic carbocycles. The van der Waals surface area contributed by atoms with Crippen molar-refractivity contribution in [1.82, 2.24) is 10.3 Å². The minimum atomic E-state index is 0.486. The molecular formula is C20H31N3OS. The maximum absolute atomic E-state index is 5.12. The Labute approximate surface area is 156 Å². The summed E-state index contributed by atoms with van der Waals surface area (Å²) in [5.41, 5.74) is 2.57. The average Bonchev–Trinajstić information content (AvgIpc) is 3.07. The monoisotopic (exact) mass is 361 g/mol. The maximum Gasteiger partial charge on any atom is 0.186 e. The topological polar surface area (TPSA) is 37.4 Å². The summed E-state index contributed by atoms with van der Waals surface area (Å²) < 4.78 is 5.12. The lowest BCUT2D eigenvalue weighted by Crippen LogP contribution is -2.21. The number of aromatic nitrogens is 1. The van der Waals surface area contributed by atoms with E-state index in [1.165, 1.54) is 16.1 Å². The van der Waals surface area contributed by atoms with Gasteiger partial charge in [-0.3, -0.25) is 0 Å². The first kappa shape index (κ1) is 19.9. The van der Waals surface area contributed by atoms with E-state index in [9.17, 15) is 0 Å². The highest BCUT2D eigenvalue weighted by atomic mass is 32.1. The van der Waals surface area contributed by atoms with Crippen molar-refractivity contribution in [3.63, 3.8) is 0 Å². The van der Waals surface area contributed by atoms with Crippen LogP contribution >= 0.6 is 11.3 Å². The van der Waals surface area contributed by atoms with E-state index in [1.807, 2.05) is 11.3 Å². The highest BCUT2D eigenvalue weighted by Crippen LogP contribution is 2.32. The van der Waals surface area contributed by atoms with E-state index in [2.05, 4.69) is 61.3 Å². The number of methoxy groups -OCH3 is 1. The number of nitrogens with one attached hydrogen (secondary N) is 1. The standard InChI is InChI=1S/C20H31N3OS/c1-5-16(3)19-18(14-21-12-13-24-4)25-20(22-19)23(6-2)15-17-10-8-7-9-11-17/h7-11,16,21H,5-6,12-15H2,1-4H3. The summed E-state index contributed by atoms with van der Waals surface area (Å²) in [6.45, 7) is 11.0. The molecular weight excluding hydrogens is 330 g/mol. The predicted molar refractivity (Wildman–Crippen MR) is 108 cm³/mol. The third kappa shape index (κ3) is 5.80. The van der Waals surface area contributed by atoms with Crippen LogP contribution in [-0.2, 0) is 17.8 Å². The molecule has 0 bridgehead atoms. The first-order valence-corrected chi connectivity index (χ1v) is 9.99. The van der Waals surface area contributed by atoms with Gasteiger partial charge in [0.25, 0.3) is 0 Å². The van der Waals surface area contributed by atoms with E-state index >= 15 is 0 Å². The molecule has 2 rings (SSSR count). The Morgan fingerprint density at radius 3 is 2.64 bits per heavy atom. The van der Waals surface area contributed by atoms with Gasteiger partial charge in [-0.2, -0.15) is 0 Å². The Morgan fingerprint density at radius 2 is 2.00 bits per heavy atom. The SMILES string of the molecule is CCC(C)c1nc(N(CC)Cc2ccccc2)sc1CNCCOC. The average molecular weight is 362 g/mol. The molecule has 0 fully saturated rings. The van der Waals surface area contributed by atoms with Crippen molar-refractivity contribution in [1.29, 1.82) is 0 Å². The summed E-state index contributed by atoms with van der Waals surface area (Å²) in [6, 6.07) is 10.6. The molecule has 0 aliphatic heterocycles. The van der Waals surface area contributed by atoms with Crippen LogP contribution in [-0.4, -0.2) is 31.8 Å². The molecule has 1 unspecified atom stereocenters. The van der Waals surface area contributed by atoms with Crippen LogP contribution in [0.5, 0.6) is 0 Å². The number of rotatable bonds is 11. The van der Waals surface area contributed by atoms with E-state index in [0.717, 1.165) is 44.3 Å². The van der Waals surface area contributed by atoms with Gasteiger partial charge in [0.15, 0.2) is 5.13 Å². The van der Waals surface area contributed by atoms with Gasteiger partial charge >= 0.3 is 0 Å². The van der Waals surface area contributed by atoms with E-state index in [4.69, 9.17) is 9.72 Å². The minimum Gasteiger partial charge on any atom is -0.383 e. The molecule has 0 saturated heterocycles. The number of benzene rings is 1. The normalized spacial score (nSPS) is 12.3. The number of thiazole rings is 1. The van der Waals surface area contributed by atoms with Gasteiger partial charge in [-0.05, 0) is 24.8 Å². The quantitative estimate of drug-likeness (QED) is 0.601. The molecule has 1 N–H and O–H groups in total. The van der Waals surface area contributed by atoms with Crippen LogP contribution in [0, 0.1) is 0 Å². The van der Waals surface area contributed by atoms with E-state index in [1.54, 1.807) is 7.11 Å². The third-order valence-corrected chi connectivity index (χ3v) is 5.56. The van der Waals surface area contributed by atoms with Crippen LogP contribution in [0.15, 0.2) is 30.3 Å². The van der Waals surface area contributed by atoms with Gasteiger partial charge in [0.05, 0.1) is 12.3 Å². The maximum atomic E-state index is 5.12. The Bertz CT molecular complexity index is 615. The Hall–Kier alpha value is -1.43. The van der Waals surface area contributed by atoms with Gasteiger partial charge in [0.2, 0.25) is 0 Å². The van der Waals surface area contributed by atoms with Crippen molar-refractivity contribution in [3.05, 3.63) is 46.5 Å². The van der Waals surface area contributed by atoms with Crippen molar-refractivity contribution < 1.29 is 4.74 Å². The first-order valence-electron chi connectivity index (χ1n) is 9.17. The molecule has 1 atom stereocenters. The molecule has 0 amide bonds.